The lowest BCUT2D eigenvalue weighted by Gasteiger charge is -2.23. The highest BCUT2D eigenvalue weighted by atomic mass is 16.6. The van der Waals surface area contributed by atoms with Gasteiger partial charge in [-0.2, -0.15) is 0 Å². The molecule has 0 aliphatic rings. The first-order valence-corrected chi connectivity index (χ1v) is 6.79. The molecule has 0 aliphatic carbocycles. The Morgan fingerprint density at radius 2 is 1.77 bits per heavy atom. The quantitative estimate of drug-likeness (QED) is 0.749. The fourth-order valence-corrected chi connectivity index (χ4v) is 1.65. The Labute approximate surface area is 129 Å². The van der Waals surface area contributed by atoms with Crippen LogP contribution in [0.4, 0.5) is 4.79 Å². The minimum absolute atomic E-state index is 0.307. The van der Waals surface area contributed by atoms with E-state index in [0.29, 0.717) is 5.56 Å². The van der Waals surface area contributed by atoms with E-state index < -0.39 is 29.6 Å². The number of rotatable bonds is 5. The monoisotopic (exact) mass is 307 g/mol. The summed E-state index contributed by atoms with van der Waals surface area (Å²) in [7, 11) is 0. The molecule has 0 aromatic heterocycles. The van der Waals surface area contributed by atoms with E-state index in [0.717, 1.165) is 0 Å². The van der Waals surface area contributed by atoms with E-state index in [1.165, 1.54) is 0 Å². The average Bonchev–Trinajstić information content (AvgIpc) is 2.41. The fourth-order valence-electron chi connectivity index (χ4n) is 1.65. The Hall–Kier alpha value is -2.57. The fraction of sp³-hybridized carbons (Fsp3) is 0.400. The van der Waals surface area contributed by atoms with Crippen LogP contribution in [0.1, 0.15) is 32.4 Å². The highest BCUT2D eigenvalue weighted by Crippen LogP contribution is 2.14. The Morgan fingerprint density at radius 3 is 2.27 bits per heavy atom. The van der Waals surface area contributed by atoms with E-state index in [9.17, 15) is 14.4 Å². The third-order valence-electron chi connectivity index (χ3n) is 2.49. The predicted octanol–water partition coefficient (Wildman–Crippen LogP) is 0.854. The first kappa shape index (κ1) is 17.5. The van der Waals surface area contributed by atoms with Crippen LogP contribution in [0.15, 0.2) is 30.3 Å². The van der Waals surface area contributed by atoms with Crippen LogP contribution in [0.25, 0.3) is 0 Å². The van der Waals surface area contributed by atoms with Gasteiger partial charge in [-0.05, 0) is 26.3 Å². The van der Waals surface area contributed by atoms with E-state index in [4.69, 9.17) is 10.5 Å². The minimum Gasteiger partial charge on any atom is -0.444 e. The summed E-state index contributed by atoms with van der Waals surface area (Å²) in [6.07, 6.45) is -0.726. The van der Waals surface area contributed by atoms with Crippen LogP contribution >= 0.6 is 0 Å². The zero-order chi connectivity index (χ0) is 16.8. The number of nitrogens with two attached hydrogens (primary N) is 1. The highest BCUT2D eigenvalue weighted by Gasteiger charge is 2.25. The SMILES string of the molecule is CC(C)(C)OC(=O)N[C@H](C(=O)NCC(N)=O)c1ccccc1. The number of hydrogen-bond acceptors (Lipinski definition) is 4. The topological polar surface area (TPSA) is 111 Å². The second-order valence-electron chi connectivity index (χ2n) is 5.67. The van der Waals surface area contributed by atoms with Crippen molar-refractivity contribution in [2.45, 2.75) is 32.4 Å². The van der Waals surface area contributed by atoms with Crippen LogP contribution < -0.4 is 16.4 Å². The third-order valence-corrected chi connectivity index (χ3v) is 2.49. The lowest BCUT2D eigenvalue weighted by molar-refractivity contribution is -0.126. The molecule has 120 valence electrons. The number of primary amides is 1. The molecule has 7 heteroatoms. The van der Waals surface area contributed by atoms with E-state index in [1.807, 2.05) is 0 Å². The molecule has 1 atom stereocenters. The Balaban J connectivity index is 2.85. The number of benzene rings is 1. The van der Waals surface area contributed by atoms with Crippen LogP contribution in [0.3, 0.4) is 0 Å². The summed E-state index contributed by atoms with van der Waals surface area (Å²) in [5, 5.41) is 4.85. The van der Waals surface area contributed by atoms with E-state index in [1.54, 1.807) is 51.1 Å². The number of alkyl carbamates (subject to hydrolysis) is 1. The van der Waals surface area contributed by atoms with Crippen LogP contribution in [0.5, 0.6) is 0 Å². The molecular weight excluding hydrogens is 286 g/mol. The third kappa shape index (κ3) is 6.25. The molecule has 1 aromatic rings. The van der Waals surface area contributed by atoms with Crippen molar-refractivity contribution in [1.29, 1.82) is 0 Å². The number of carbonyl (C=O) groups is 3. The van der Waals surface area contributed by atoms with Gasteiger partial charge in [0.2, 0.25) is 11.8 Å². The summed E-state index contributed by atoms with van der Waals surface area (Å²) in [5.41, 5.74) is 4.88. The van der Waals surface area contributed by atoms with Crippen LogP contribution in [-0.2, 0) is 14.3 Å². The lowest BCUT2D eigenvalue weighted by atomic mass is 10.1. The van der Waals surface area contributed by atoms with E-state index in [2.05, 4.69) is 10.6 Å². The molecule has 0 heterocycles. The maximum absolute atomic E-state index is 12.2. The van der Waals surface area contributed by atoms with Gasteiger partial charge in [0, 0.05) is 0 Å². The number of hydrogen-bond donors (Lipinski definition) is 3. The Kier molecular flexibility index (Phi) is 5.91. The van der Waals surface area contributed by atoms with Gasteiger partial charge in [0.15, 0.2) is 0 Å². The van der Waals surface area contributed by atoms with Crippen molar-refractivity contribution in [2.75, 3.05) is 6.54 Å². The van der Waals surface area contributed by atoms with Crippen molar-refractivity contribution in [1.82, 2.24) is 10.6 Å². The molecule has 22 heavy (non-hydrogen) atoms. The molecule has 0 aliphatic heterocycles. The number of amides is 3. The van der Waals surface area contributed by atoms with Crippen LogP contribution in [0, 0.1) is 0 Å². The van der Waals surface area contributed by atoms with Gasteiger partial charge < -0.3 is 21.1 Å². The molecule has 4 N–H and O–H groups in total. The molecule has 0 fully saturated rings. The van der Waals surface area contributed by atoms with Crippen molar-refractivity contribution in [2.24, 2.45) is 5.73 Å². The maximum Gasteiger partial charge on any atom is 0.408 e. The number of nitrogens with one attached hydrogen (secondary N) is 2. The van der Waals surface area contributed by atoms with Gasteiger partial charge in [0.05, 0.1) is 6.54 Å². The van der Waals surface area contributed by atoms with Crippen LogP contribution in [0.2, 0.25) is 0 Å². The lowest BCUT2D eigenvalue weighted by Crippen LogP contribution is -2.44. The molecule has 7 nitrogen and oxygen atoms in total. The molecule has 0 saturated carbocycles. The normalized spacial score (nSPS) is 12.1. The molecular formula is C15H21N3O4. The van der Waals surface area contributed by atoms with Gasteiger partial charge in [-0.15, -0.1) is 0 Å². The van der Waals surface area contributed by atoms with E-state index >= 15 is 0 Å². The zero-order valence-electron chi connectivity index (χ0n) is 12.9. The summed E-state index contributed by atoms with van der Waals surface area (Å²) in [6.45, 7) is 4.85. The van der Waals surface area contributed by atoms with Crippen molar-refractivity contribution in [3.63, 3.8) is 0 Å². The molecule has 3 amide bonds. The van der Waals surface area contributed by atoms with Crippen molar-refractivity contribution < 1.29 is 19.1 Å². The molecule has 0 radical (unpaired) electrons. The predicted molar refractivity (Wildman–Crippen MR) is 80.8 cm³/mol. The van der Waals surface area contributed by atoms with Gasteiger partial charge in [0.1, 0.15) is 11.6 Å². The molecule has 0 bridgehead atoms. The van der Waals surface area contributed by atoms with Gasteiger partial charge in [-0.25, -0.2) is 4.79 Å². The molecule has 0 saturated heterocycles. The summed E-state index contributed by atoms with van der Waals surface area (Å²) in [5.74, 6) is -1.21. The molecule has 0 spiro atoms. The van der Waals surface area contributed by atoms with E-state index in [-0.39, 0.29) is 6.54 Å². The Morgan fingerprint density at radius 1 is 1.18 bits per heavy atom. The first-order chi connectivity index (χ1) is 10.2. The largest absolute Gasteiger partial charge is 0.444 e. The van der Waals surface area contributed by atoms with Crippen molar-refractivity contribution in [3.05, 3.63) is 35.9 Å². The summed E-state index contributed by atoms with van der Waals surface area (Å²) in [4.78, 5) is 34.8. The molecule has 0 unspecified atom stereocenters. The second kappa shape index (κ2) is 7.44. The number of carbonyl (C=O) groups excluding carboxylic acids is 3. The van der Waals surface area contributed by atoms with Gasteiger partial charge in [-0.3, -0.25) is 9.59 Å². The maximum atomic E-state index is 12.2. The average molecular weight is 307 g/mol. The van der Waals surface area contributed by atoms with Crippen molar-refractivity contribution >= 4 is 17.9 Å². The standard InChI is InChI=1S/C15H21N3O4/c1-15(2,3)22-14(21)18-12(10-7-5-4-6-8-10)13(20)17-9-11(16)19/h4-8,12H,9H2,1-3H3,(H2,16,19)(H,17,20)(H,18,21)/t12-/m0/s1. The number of ether oxygens (including phenoxy) is 1. The molecule has 1 aromatic carbocycles. The summed E-state index contributed by atoms with van der Waals surface area (Å²) >= 11 is 0. The smallest absolute Gasteiger partial charge is 0.408 e. The van der Waals surface area contributed by atoms with Gasteiger partial charge in [-0.1, -0.05) is 30.3 Å². The van der Waals surface area contributed by atoms with Crippen molar-refractivity contribution in [3.8, 4) is 0 Å². The Bertz CT molecular complexity index is 537. The zero-order valence-corrected chi connectivity index (χ0v) is 12.9. The van der Waals surface area contributed by atoms with Crippen LogP contribution in [-0.4, -0.2) is 30.1 Å². The van der Waals surface area contributed by atoms with Gasteiger partial charge >= 0.3 is 6.09 Å². The minimum atomic E-state index is -0.976. The second-order valence-corrected chi connectivity index (χ2v) is 5.67. The summed E-state index contributed by atoms with van der Waals surface area (Å²) < 4.78 is 5.14. The first-order valence-electron chi connectivity index (χ1n) is 6.79. The van der Waals surface area contributed by atoms with Gasteiger partial charge in [0.25, 0.3) is 0 Å². The summed E-state index contributed by atoms with van der Waals surface area (Å²) in [6, 6.07) is 7.66. The molecule has 1 rings (SSSR count). The highest BCUT2D eigenvalue weighted by molar-refractivity contribution is 5.89.